The van der Waals surface area contributed by atoms with Gasteiger partial charge >= 0.3 is 0 Å². The summed E-state index contributed by atoms with van der Waals surface area (Å²) in [6.45, 7) is 2.30. The van der Waals surface area contributed by atoms with E-state index in [-0.39, 0.29) is 5.91 Å². The van der Waals surface area contributed by atoms with Crippen molar-refractivity contribution in [3.63, 3.8) is 0 Å². The fraction of sp³-hybridized carbons (Fsp3) is 0.375. The Morgan fingerprint density at radius 2 is 2.13 bits per heavy atom. The molecule has 3 rings (SSSR count). The maximum absolute atomic E-state index is 12.4. The number of halogens is 2. The van der Waals surface area contributed by atoms with Gasteiger partial charge in [-0.15, -0.1) is 11.3 Å². The van der Waals surface area contributed by atoms with Gasteiger partial charge in [-0.3, -0.25) is 4.79 Å². The van der Waals surface area contributed by atoms with E-state index in [2.05, 4.69) is 26.2 Å². The molecule has 2 aromatic rings. The number of hydrogen-bond donors (Lipinski definition) is 1. The van der Waals surface area contributed by atoms with Crippen LogP contribution in [0.3, 0.4) is 0 Å². The Labute approximate surface area is 153 Å². The second kappa shape index (κ2) is 7.64. The molecule has 0 aromatic carbocycles. The summed E-state index contributed by atoms with van der Waals surface area (Å²) < 4.78 is 1.09. The molecule has 23 heavy (non-hydrogen) atoms. The van der Waals surface area contributed by atoms with Gasteiger partial charge in [0.05, 0.1) is 20.9 Å². The van der Waals surface area contributed by atoms with Crippen LogP contribution >= 0.6 is 38.9 Å². The van der Waals surface area contributed by atoms with Crippen molar-refractivity contribution in [2.45, 2.75) is 25.8 Å². The van der Waals surface area contributed by atoms with Crippen molar-refractivity contribution in [3.8, 4) is 0 Å². The molecule has 0 unspecified atom stereocenters. The van der Waals surface area contributed by atoms with Gasteiger partial charge < -0.3 is 10.2 Å². The highest BCUT2D eigenvalue weighted by molar-refractivity contribution is 9.11. The number of carbonyl (C=O) groups is 1. The van der Waals surface area contributed by atoms with Gasteiger partial charge in [-0.25, -0.2) is 4.98 Å². The molecule has 0 saturated carbocycles. The number of likely N-dealkylation sites (tertiary alicyclic amines) is 1. The van der Waals surface area contributed by atoms with Gasteiger partial charge in [0.15, 0.2) is 0 Å². The van der Waals surface area contributed by atoms with E-state index >= 15 is 0 Å². The highest BCUT2D eigenvalue weighted by Gasteiger charge is 2.19. The number of anilines is 1. The van der Waals surface area contributed by atoms with Crippen LogP contribution in [0.15, 0.2) is 28.2 Å². The molecular formula is C16H17BrClN3OS. The Morgan fingerprint density at radius 1 is 1.35 bits per heavy atom. The summed E-state index contributed by atoms with van der Waals surface area (Å²) in [6, 6.07) is 5.76. The Hall–Kier alpha value is -1.11. The average molecular weight is 415 g/mol. The highest BCUT2D eigenvalue weighted by atomic mass is 79.9. The molecule has 122 valence electrons. The van der Waals surface area contributed by atoms with E-state index in [0.717, 1.165) is 29.7 Å². The molecule has 2 aromatic heterocycles. The smallest absolute Gasteiger partial charge is 0.255 e. The molecule has 4 nitrogen and oxygen atoms in total. The van der Waals surface area contributed by atoms with Crippen LogP contribution in [0.1, 0.15) is 34.5 Å². The number of carbonyl (C=O) groups excluding carboxylic acids is 1. The molecule has 0 atom stereocenters. The van der Waals surface area contributed by atoms with Gasteiger partial charge in [0.2, 0.25) is 0 Å². The second-order valence-electron chi connectivity index (χ2n) is 5.47. The standard InChI is InChI=1S/C16H17BrClN3OS/c17-14-5-4-12(23-14)10-20-15-13(18)8-11(9-19-15)16(22)21-6-2-1-3-7-21/h4-5,8-9H,1-3,6-7,10H2,(H,19,20). The number of nitrogens with one attached hydrogen (secondary N) is 1. The lowest BCUT2D eigenvalue weighted by atomic mass is 10.1. The summed E-state index contributed by atoms with van der Waals surface area (Å²) >= 11 is 11.4. The topological polar surface area (TPSA) is 45.2 Å². The van der Waals surface area contributed by atoms with Crippen molar-refractivity contribution in [1.29, 1.82) is 0 Å². The maximum Gasteiger partial charge on any atom is 0.255 e. The highest BCUT2D eigenvalue weighted by Crippen LogP contribution is 2.25. The average Bonchev–Trinajstić information content (AvgIpc) is 2.99. The molecule has 0 bridgehead atoms. The summed E-state index contributed by atoms with van der Waals surface area (Å²) in [7, 11) is 0. The zero-order valence-electron chi connectivity index (χ0n) is 12.5. The number of pyridine rings is 1. The number of nitrogens with zero attached hydrogens (tertiary/aromatic N) is 2. The molecule has 1 aliphatic heterocycles. The molecule has 7 heteroatoms. The van der Waals surface area contributed by atoms with Gasteiger partial charge in [-0.1, -0.05) is 11.6 Å². The van der Waals surface area contributed by atoms with Crippen LogP contribution in [-0.2, 0) is 6.54 Å². The van der Waals surface area contributed by atoms with Crippen LogP contribution in [0.5, 0.6) is 0 Å². The predicted molar refractivity (Wildman–Crippen MR) is 98.3 cm³/mol. The zero-order valence-corrected chi connectivity index (χ0v) is 15.7. The fourth-order valence-corrected chi connectivity index (χ4v) is 4.24. The van der Waals surface area contributed by atoms with Crippen molar-refractivity contribution in [2.24, 2.45) is 0 Å². The van der Waals surface area contributed by atoms with Crippen molar-refractivity contribution in [2.75, 3.05) is 18.4 Å². The van der Waals surface area contributed by atoms with E-state index in [1.54, 1.807) is 23.6 Å². The van der Waals surface area contributed by atoms with Gasteiger partial charge in [0, 0.05) is 24.2 Å². The molecule has 1 saturated heterocycles. The number of piperidine rings is 1. The minimum absolute atomic E-state index is 0.0211. The maximum atomic E-state index is 12.4. The largest absolute Gasteiger partial charge is 0.364 e. The Bertz CT molecular complexity index is 700. The van der Waals surface area contributed by atoms with Crippen LogP contribution in [0, 0.1) is 0 Å². The van der Waals surface area contributed by atoms with Gasteiger partial charge in [0.1, 0.15) is 5.82 Å². The SMILES string of the molecule is O=C(c1cnc(NCc2ccc(Br)s2)c(Cl)c1)N1CCCCC1. The quantitative estimate of drug-likeness (QED) is 0.782. The number of aromatic nitrogens is 1. The minimum atomic E-state index is 0.0211. The third-order valence-electron chi connectivity index (χ3n) is 3.79. The molecule has 0 spiro atoms. The summed E-state index contributed by atoms with van der Waals surface area (Å²) in [4.78, 5) is 19.8. The lowest BCUT2D eigenvalue weighted by Crippen LogP contribution is -2.35. The number of amides is 1. The Kier molecular flexibility index (Phi) is 5.56. The van der Waals surface area contributed by atoms with Crippen molar-refractivity contribution < 1.29 is 4.79 Å². The first kappa shape index (κ1) is 16.7. The second-order valence-corrected chi connectivity index (χ2v) is 8.42. The first-order valence-electron chi connectivity index (χ1n) is 7.56. The molecule has 1 aliphatic rings. The number of rotatable bonds is 4. The van der Waals surface area contributed by atoms with E-state index in [0.29, 0.717) is 22.9 Å². The molecule has 3 heterocycles. The molecule has 1 amide bonds. The lowest BCUT2D eigenvalue weighted by molar-refractivity contribution is 0.0724. The van der Waals surface area contributed by atoms with E-state index in [1.165, 1.54) is 11.3 Å². The molecule has 0 aliphatic carbocycles. The monoisotopic (exact) mass is 413 g/mol. The normalized spacial score (nSPS) is 14.8. The van der Waals surface area contributed by atoms with Crippen LogP contribution in [-0.4, -0.2) is 28.9 Å². The first-order valence-corrected chi connectivity index (χ1v) is 9.55. The third-order valence-corrected chi connectivity index (χ3v) is 5.70. The third kappa shape index (κ3) is 4.25. The fourth-order valence-electron chi connectivity index (χ4n) is 2.58. The molecular weight excluding hydrogens is 398 g/mol. The molecule has 1 fully saturated rings. The summed E-state index contributed by atoms with van der Waals surface area (Å²) in [6.07, 6.45) is 4.95. The lowest BCUT2D eigenvalue weighted by Gasteiger charge is -2.26. The van der Waals surface area contributed by atoms with Crippen LogP contribution in [0.2, 0.25) is 5.02 Å². The predicted octanol–water partition coefficient (Wildman–Crippen LogP) is 4.80. The van der Waals surface area contributed by atoms with Crippen molar-refractivity contribution in [3.05, 3.63) is 43.6 Å². The minimum Gasteiger partial charge on any atom is -0.364 e. The van der Waals surface area contributed by atoms with Gasteiger partial charge in [-0.2, -0.15) is 0 Å². The van der Waals surface area contributed by atoms with E-state index in [1.807, 2.05) is 17.0 Å². The Morgan fingerprint density at radius 3 is 2.78 bits per heavy atom. The van der Waals surface area contributed by atoms with E-state index in [9.17, 15) is 4.79 Å². The van der Waals surface area contributed by atoms with Crippen LogP contribution in [0.25, 0.3) is 0 Å². The number of hydrogen-bond acceptors (Lipinski definition) is 4. The summed E-state index contributed by atoms with van der Waals surface area (Å²) in [5.41, 5.74) is 0.557. The first-order chi connectivity index (χ1) is 11.1. The van der Waals surface area contributed by atoms with E-state index < -0.39 is 0 Å². The van der Waals surface area contributed by atoms with Gasteiger partial charge in [0.25, 0.3) is 5.91 Å². The van der Waals surface area contributed by atoms with Crippen LogP contribution in [0.4, 0.5) is 5.82 Å². The Balaban J connectivity index is 1.66. The summed E-state index contributed by atoms with van der Waals surface area (Å²) in [5.74, 6) is 0.624. The summed E-state index contributed by atoms with van der Waals surface area (Å²) in [5, 5.41) is 3.69. The van der Waals surface area contributed by atoms with Crippen molar-refractivity contribution in [1.82, 2.24) is 9.88 Å². The van der Waals surface area contributed by atoms with Crippen LogP contribution < -0.4 is 5.32 Å². The zero-order chi connectivity index (χ0) is 16.2. The van der Waals surface area contributed by atoms with Crippen molar-refractivity contribution >= 4 is 50.6 Å². The molecule has 0 radical (unpaired) electrons. The van der Waals surface area contributed by atoms with Gasteiger partial charge in [-0.05, 0) is 53.4 Å². The molecule has 1 N–H and O–H groups in total. The van der Waals surface area contributed by atoms with E-state index in [4.69, 9.17) is 11.6 Å². The number of thiophene rings is 1.